The molecule has 0 heterocycles. The minimum Gasteiger partial charge on any atom is -0.311 e. The largest absolute Gasteiger partial charge is 0.311 e. The zero-order valence-electron chi connectivity index (χ0n) is 7.95. The average Bonchev–Trinajstić information content (AvgIpc) is 1.84. The van der Waals surface area contributed by atoms with E-state index < -0.39 is 5.09 Å². The van der Waals surface area contributed by atoms with Crippen molar-refractivity contribution in [2.24, 2.45) is 5.92 Å². The molecule has 0 fully saturated rings. The van der Waals surface area contributed by atoms with E-state index in [4.69, 9.17) is 0 Å². The minimum atomic E-state index is -0.722. The van der Waals surface area contributed by atoms with Crippen molar-refractivity contribution in [3.63, 3.8) is 0 Å². The van der Waals surface area contributed by atoms with Gasteiger partial charge in [0.25, 0.3) is 5.09 Å². The van der Waals surface area contributed by atoms with Crippen molar-refractivity contribution >= 4 is 0 Å². The van der Waals surface area contributed by atoms with Gasteiger partial charge in [-0.15, -0.1) is 10.1 Å². The number of rotatable bonds is 6. The molecule has 0 saturated carbocycles. The Morgan fingerprint density at radius 3 is 2.33 bits per heavy atom. The topological polar surface area (TPSA) is 52.4 Å². The lowest BCUT2D eigenvalue weighted by Crippen LogP contribution is -2.13. The molecule has 0 N–H and O–H groups in total. The van der Waals surface area contributed by atoms with Crippen LogP contribution in [0, 0.1) is 16.0 Å². The zero-order chi connectivity index (χ0) is 9.56. The Labute approximate surface area is 73.0 Å². The van der Waals surface area contributed by atoms with Crippen LogP contribution < -0.4 is 0 Å². The molecule has 0 aromatic heterocycles. The summed E-state index contributed by atoms with van der Waals surface area (Å²) in [5, 5.41) is 9.17. The first-order valence-corrected chi connectivity index (χ1v) is 4.33. The first-order chi connectivity index (χ1) is 5.52. The van der Waals surface area contributed by atoms with Gasteiger partial charge in [-0.05, 0) is 19.3 Å². The van der Waals surface area contributed by atoms with E-state index in [1.165, 1.54) is 0 Å². The highest BCUT2D eigenvalue weighted by Crippen LogP contribution is 2.09. The Bertz CT molecular complexity index is 136. The summed E-state index contributed by atoms with van der Waals surface area (Å²) in [6.07, 6.45) is 2.59. The van der Waals surface area contributed by atoms with E-state index >= 15 is 0 Å². The maximum atomic E-state index is 9.89. The van der Waals surface area contributed by atoms with Crippen LogP contribution >= 0.6 is 0 Å². The summed E-state index contributed by atoms with van der Waals surface area (Å²) in [6.45, 7) is 6.00. The molecule has 0 aliphatic heterocycles. The lowest BCUT2D eigenvalue weighted by molar-refractivity contribution is -0.767. The van der Waals surface area contributed by atoms with E-state index in [0.717, 1.165) is 19.3 Å². The molecule has 0 aliphatic carbocycles. The van der Waals surface area contributed by atoms with Crippen molar-refractivity contribution in [3.8, 4) is 0 Å². The molecule has 0 bridgehead atoms. The highest BCUT2D eigenvalue weighted by Gasteiger charge is 2.06. The van der Waals surface area contributed by atoms with Crippen LogP contribution in [0.4, 0.5) is 0 Å². The predicted molar refractivity (Wildman–Crippen MR) is 46.2 cm³/mol. The molecular weight excluding hydrogens is 158 g/mol. The summed E-state index contributed by atoms with van der Waals surface area (Å²) in [4.78, 5) is 14.2. The second-order valence-corrected chi connectivity index (χ2v) is 3.46. The second kappa shape index (κ2) is 5.80. The van der Waals surface area contributed by atoms with Crippen molar-refractivity contribution < 1.29 is 9.92 Å². The lowest BCUT2D eigenvalue weighted by Gasteiger charge is -2.09. The van der Waals surface area contributed by atoms with Crippen LogP contribution in [0.2, 0.25) is 0 Å². The fourth-order valence-corrected chi connectivity index (χ4v) is 1.01. The maximum Gasteiger partial charge on any atom is 0.294 e. The van der Waals surface area contributed by atoms with Gasteiger partial charge >= 0.3 is 0 Å². The highest BCUT2D eigenvalue weighted by atomic mass is 17.0. The molecule has 0 radical (unpaired) electrons. The van der Waals surface area contributed by atoms with Crippen LogP contribution in [0.15, 0.2) is 0 Å². The predicted octanol–water partition coefficient (Wildman–Crippen LogP) is 2.41. The molecule has 72 valence electrons. The molecule has 0 aromatic carbocycles. The van der Waals surface area contributed by atoms with Crippen LogP contribution in [-0.2, 0) is 4.84 Å². The van der Waals surface area contributed by atoms with Gasteiger partial charge in [0.2, 0.25) is 0 Å². The van der Waals surface area contributed by atoms with Crippen LogP contribution in [0.5, 0.6) is 0 Å². The zero-order valence-corrected chi connectivity index (χ0v) is 7.95. The second-order valence-electron chi connectivity index (χ2n) is 3.46. The van der Waals surface area contributed by atoms with Crippen LogP contribution in [0.25, 0.3) is 0 Å². The maximum absolute atomic E-state index is 9.89. The van der Waals surface area contributed by atoms with E-state index in [1.807, 2.05) is 0 Å². The van der Waals surface area contributed by atoms with Gasteiger partial charge in [0.05, 0.1) is 0 Å². The SMILES string of the molecule is CC(C)CCC[C@@H](C)O[N+](=O)[O-]. The summed E-state index contributed by atoms with van der Waals surface area (Å²) < 4.78 is 0. The molecular formula is C8H17NO3. The van der Waals surface area contributed by atoms with Gasteiger partial charge < -0.3 is 4.84 Å². The van der Waals surface area contributed by atoms with E-state index in [2.05, 4.69) is 18.7 Å². The quantitative estimate of drug-likeness (QED) is 0.460. The van der Waals surface area contributed by atoms with Crippen LogP contribution in [0.3, 0.4) is 0 Å². The highest BCUT2D eigenvalue weighted by molar-refractivity contribution is 4.51. The Morgan fingerprint density at radius 1 is 1.33 bits per heavy atom. The Kier molecular flexibility index (Phi) is 5.41. The van der Waals surface area contributed by atoms with Crippen molar-refractivity contribution in [2.75, 3.05) is 0 Å². The number of hydrogen-bond donors (Lipinski definition) is 0. The summed E-state index contributed by atoms with van der Waals surface area (Å²) in [6, 6.07) is 0. The van der Waals surface area contributed by atoms with E-state index in [9.17, 15) is 10.1 Å². The van der Waals surface area contributed by atoms with Gasteiger partial charge in [-0.3, -0.25) is 0 Å². The lowest BCUT2D eigenvalue weighted by atomic mass is 10.1. The van der Waals surface area contributed by atoms with Crippen LogP contribution in [0.1, 0.15) is 40.0 Å². The van der Waals surface area contributed by atoms with Crippen LogP contribution in [-0.4, -0.2) is 11.2 Å². The number of nitrogens with zero attached hydrogens (tertiary/aromatic N) is 1. The minimum absolute atomic E-state index is 0.265. The van der Waals surface area contributed by atoms with Gasteiger partial charge in [0.15, 0.2) is 0 Å². The summed E-state index contributed by atoms with van der Waals surface area (Å²) >= 11 is 0. The molecule has 0 aromatic rings. The molecule has 0 unspecified atom stereocenters. The fraction of sp³-hybridized carbons (Fsp3) is 1.00. The number of hydrogen-bond acceptors (Lipinski definition) is 3. The third-order valence-corrected chi connectivity index (χ3v) is 1.66. The Morgan fingerprint density at radius 2 is 1.92 bits per heavy atom. The molecule has 0 aliphatic rings. The third kappa shape index (κ3) is 7.31. The van der Waals surface area contributed by atoms with Crippen molar-refractivity contribution in [1.82, 2.24) is 0 Å². The summed E-state index contributed by atoms with van der Waals surface area (Å²) in [5.74, 6) is 0.660. The van der Waals surface area contributed by atoms with E-state index in [1.54, 1.807) is 6.92 Å². The monoisotopic (exact) mass is 175 g/mol. The van der Waals surface area contributed by atoms with Crippen molar-refractivity contribution in [1.29, 1.82) is 0 Å². The normalized spacial score (nSPS) is 13.0. The average molecular weight is 175 g/mol. The smallest absolute Gasteiger partial charge is 0.294 e. The molecule has 0 saturated heterocycles. The fourth-order valence-electron chi connectivity index (χ4n) is 1.01. The molecule has 0 rings (SSSR count). The molecule has 1 atom stereocenters. The molecule has 4 nitrogen and oxygen atoms in total. The molecule has 0 spiro atoms. The first kappa shape index (κ1) is 11.2. The molecule has 4 heteroatoms. The molecule has 12 heavy (non-hydrogen) atoms. The van der Waals surface area contributed by atoms with Gasteiger partial charge in [0.1, 0.15) is 6.10 Å². The first-order valence-electron chi connectivity index (χ1n) is 4.33. The van der Waals surface area contributed by atoms with Crippen molar-refractivity contribution in [3.05, 3.63) is 10.1 Å². The van der Waals surface area contributed by atoms with Gasteiger partial charge in [0, 0.05) is 0 Å². The summed E-state index contributed by atoms with van der Waals surface area (Å²) in [5.41, 5.74) is 0. The third-order valence-electron chi connectivity index (χ3n) is 1.66. The Hall–Kier alpha value is -0.800. The van der Waals surface area contributed by atoms with Gasteiger partial charge in [-0.25, -0.2) is 0 Å². The van der Waals surface area contributed by atoms with E-state index in [0.29, 0.717) is 5.92 Å². The van der Waals surface area contributed by atoms with Gasteiger partial charge in [-0.2, -0.15) is 0 Å². The Balaban J connectivity index is 3.31. The summed E-state index contributed by atoms with van der Waals surface area (Å²) in [7, 11) is 0. The van der Waals surface area contributed by atoms with Crippen molar-refractivity contribution in [2.45, 2.75) is 46.1 Å². The van der Waals surface area contributed by atoms with E-state index in [-0.39, 0.29) is 6.10 Å². The molecule has 0 amide bonds. The van der Waals surface area contributed by atoms with Gasteiger partial charge in [-0.1, -0.05) is 26.7 Å². The standard InChI is InChI=1S/C8H17NO3/c1-7(2)5-4-6-8(3)12-9(10)11/h7-8H,4-6H2,1-3H3/t8-/m1/s1.